The monoisotopic (exact) mass is 269 g/mol. The molecule has 1 aliphatic heterocycles. The first-order chi connectivity index (χ1) is 9.05. The maximum Gasteiger partial charge on any atom is 0.0804 e. The highest BCUT2D eigenvalue weighted by atomic mass is 16.5. The fourth-order valence-corrected chi connectivity index (χ4v) is 3.26. The van der Waals surface area contributed by atoms with E-state index in [0.717, 1.165) is 38.9 Å². The van der Waals surface area contributed by atoms with Gasteiger partial charge in [-0.2, -0.15) is 0 Å². The quantitative estimate of drug-likeness (QED) is 0.753. The van der Waals surface area contributed by atoms with Crippen LogP contribution in [0.25, 0.3) is 0 Å². The van der Waals surface area contributed by atoms with E-state index >= 15 is 0 Å². The van der Waals surface area contributed by atoms with Gasteiger partial charge >= 0.3 is 0 Å². The lowest BCUT2D eigenvalue weighted by Crippen LogP contribution is -2.45. The van der Waals surface area contributed by atoms with Gasteiger partial charge in [0.25, 0.3) is 0 Å². The molecule has 1 saturated carbocycles. The topological polar surface area (TPSA) is 44.5 Å². The van der Waals surface area contributed by atoms with Crippen LogP contribution in [0, 0.1) is 5.41 Å². The van der Waals surface area contributed by atoms with Crippen LogP contribution in [0.5, 0.6) is 0 Å². The SMILES string of the molecule is CC1(C)CCC(CN)(OCCCC2CCCO2)CC1. The zero-order chi connectivity index (χ0) is 13.8. The molecule has 2 aliphatic rings. The molecule has 1 unspecified atom stereocenters. The molecule has 1 aliphatic carbocycles. The molecule has 1 heterocycles. The number of rotatable bonds is 6. The Morgan fingerprint density at radius 2 is 1.95 bits per heavy atom. The van der Waals surface area contributed by atoms with Crippen LogP contribution in [-0.4, -0.2) is 31.5 Å². The van der Waals surface area contributed by atoms with Gasteiger partial charge in [0.1, 0.15) is 0 Å². The van der Waals surface area contributed by atoms with Crippen molar-refractivity contribution in [2.24, 2.45) is 11.1 Å². The van der Waals surface area contributed by atoms with Crippen LogP contribution in [0.2, 0.25) is 0 Å². The molecule has 0 aromatic carbocycles. The van der Waals surface area contributed by atoms with Gasteiger partial charge in [0, 0.05) is 19.8 Å². The van der Waals surface area contributed by atoms with E-state index in [2.05, 4.69) is 13.8 Å². The van der Waals surface area contributed by atoms with Crippen molar-refractivity contribution in [3.05, 3.63) is 0 Å². The lowest BCUT2D eigenvalue weighted by atomic mass is 9.71. The molecular formula is C16H31NO2. The van der Waals surface area contributed by atoms with E-state index in [1.807, 2.05) is 0 Å². The summed E-state index contributed by atoms with van der Waals surface area (Å²) in [4.78, 5) is 0. The smallest absolute Gasteiger partial charge is 0.0804 e. The highest BCUT2D eigenvalue weighted by molar-refractivity contribution is 4.91. The van der Waals surface area contributed by atoms with E-state index in [0.29, 0.717) is 18.1 Å². The molecule has 2 fully saturated rings. The highest BCUT2D eigenvalue weighted by Gasteiger charge is 2.38. The van der Waals surface area contributed by atoms with Gasteiger partial charge in [0.2, 0.25) is 0 Å². The molecule has 0 amide bonds. The van der Waals surface area contributed by atoms with Crippen molar-refractivity contribution in [3.63, 3.8) is 0 Å². The van der Waals surface area contributed by atoms with Crippen LogP contribution in [0.4, 0.5) is 0 Å². The van der Waals surface area contributed by atoms with Crippen LogP contribution in [-0.2, 0) is 9.47 Å². The lowest BCUT2D eigenvalue weighted by molar-refractivity contribution is -0.0838. The first-order valence-corrected chi connectivity index (χ1v) is 8.01. The molecule has 0 radical (unpaired) electrons. The van der Waals surface area contributed by atoms with Crippen molar-refractivity contribution in [2.75, 3.05) is 19.8 Å². The number of hydrogen-bond acceptors (Lipinski definition) is 3. The van der Waals surface area contributed by atoms with Gasteiger partial charge in [-0.05, 0) is 56.8 Å². The summed E-state index contributed by atoms with van der Waals surface area (Å²) >= 11 is 0. The summed E-state index contributed by atoms with van der Waals surface area (Å²) in [6.45, 7) is 7.17. The second-order valence-electron chi connectivity index (χ2n) is 7.18. The summed E-state index contributed by atoms with van der Waals surface area (Å²) in [6.07, 6.45) is 9.91. The molecule has 3 heteroatoms. The third-order valence-corrected chi connectivity index (χ3v) is 4.99. The van der Waals surface area contributed by atoms with Crippen molar-refractivity contribution in [1.29, 1.82) is 0 Å². The molecule has 2 rings (SSSR count). The van der Waals surface area contributed by atoms with Crippen molar-refractivity contribution in [2.45, 2.75) is 76.9 Å². The fraction of sp³-hybridized carbons (Fsp3) is 1.00. The van der Waals surface area contributed by atoms with Crippen molar-refractivity contribution in [1.82, 2.24) is 0 Å². The van der Waals surface area contributed by atoms with E-state index in [1.54, 1.807) is 0 Å². The third kappa shape index (κ3) is 4.44. The lowest BCUT2D eigenvalue weighted by Gasteiger charge is -2.43. The molecular weight excluding hydrogens is 238 g/mol. The Bertz CT molecular complexity index is 262. The van der Waals surface area contributed by atoms with Crippen LogP contribution >= 0.6 is 0 Å². The minimum Gasteiger partial charge on any atom is -0.378 e. The van der Waals surface area contributed by atoms with Gasteiger partial charge in [-0.3, -0.25) is 0 Å². The minimum absolute atomic E-state index is 0.0357. The van der Waals surface area contributed by atoms with Gasteiger partial charge in [0.05, 0.1) is 11.7 Å². The number of nitrogens with two attached hydrogens (primary N) is 1. The molecule has 112 valence electrons. The van der Waals surface area contributed by atoms with Crippen molar-refractivity contribution < 1.29 is 9.47 Å². The molecule has 2 N–H and O–H groups in total. The third-order valence-electron chi connectivity index (χ3n) is 4.99. The molecule has 1 saturated heterocycles. The largest absolute Gasteiger partial charge is 0.378 e. The maximum absolute atomic E-state index is 6.19. The van der Waals surface area contributed by atoms with Crippen molar-refractivity contribution in [3.8, 4) is 0 Å². The molecule has 0 bridgehead atoms. The summed E-state index contributed by atoms with van der Waals surface area (Å²) in [5.41, 5.74) is 6.42. The van der Waals surface area contributed by atoms with E-state index in [-0.39, 0.29) is 5.60 Å². The van der Waals surface area contributed by atoms with Gasteiger partial charge in [-0.25, -0.2) is 0 Å². The fourth-order valence-electron chi connectivity index (χ4n) is 3.26. The average Bonchev–Trinajstić information content (AvgIpc) is 2.90. The summed E-state index contributed by atoms with van der Waals surface area (Å²) in [6, 6.07) is 0. The summed E-state index contributed by atoms with van der Waals surface area (Å²) in [5, 5.41) is 0. The van der Waals surface area contributed by atoms with E-state index in [4.69, 9.17) is 15.2 Å². The van der Waals surface area contributed by atoms with Crippen LogP contribution in [0.1, 0.15) is 65.2 Å². The molecule has 1 atom stereocenters. The zero-order valence-electron chi connectivity index (χ0n) is 12.7. The summed E-state index contributed by atoms with van der Waals surface area (Å²) in [5.74, 6) is 0. The Labute approximate surface area is 118 Å². The summed E-state index contributed by atoms with van der Waals surface area (Å²) in [7, 11) is 0. The van der Waals surface area contributed by atoms with Gasteiger partial charge in [0.15, 0.2) is 0 Å². The molecule has 0 aromatic heterocycles. The normalized spacial score (nSPS) is 29.5. The zero-order valence-corrected chi connectivity index (χ0v) is 12.7. The molecule has 0 aromatic rings. The molecule has 0 spiro atoms. The van der Waals surface area contributed by atoms with E-state index in [1.165, 1.54) is 25.7 Å². The van der Waals surface area contributed by atoms with Gasteiger partial charge in [-0.1, -0.05) is 13.8 Å². The number of ether oxygens (including phenoxy) is 2. The predicted molar refractivity (Wildman–Crippen MR) is 78.2 cm³/mol. The second kappa shape index (κ2) is 6.55. The molecule has 3 nitrogen and oxygen atoms in total. The number of hydrogen-bond donors (Lipinski definition) is 1. The average molecular weight is 269 g/mol. The Morgan fingerprint density at radius 3 is 2.53 bits per heavy atom. The predicted octanol–water partition coefficient (Wildman–Crippen LogP) is 3.26. The Kier molecular flexibility index (Phi) is 5.27. The van der Waals surface area contributed by atoms with Crippen LogP contribution in [0.15, 0.2) is 0 Å². The first kappa shape index (κ1) is 15.3. The summed E-state index contributed by atoms with van der Waals surface area (Å²) < 4.78 is 11.8. The van der Waals surface area contributed by atoms with E-state index < -0.39 is 0 Å². The van der Waals surface area contributed by atoms with Gasteiger partial charge in [-0.15, -0.1) is 0 Å². The first-order valence-electron chi connectivity index (χ1n) is 8.01. The van der Waals surface area contributed by atoms with Crippen molar-refractivity contribution >= 4 is 0 Å². The maximum atomic E-state index is 6.19. The second-order valence-corrected chi connectivity index (χ2v) is 7.18. The van der Waals surface area contributed by atoms with Gasteiger partial charge < -0.3 is 15.2 Å². The van der Waals surface area contributed by atoms with Crippen LogP contribution in [0.3, 0.4) is 0 Å². The molecule has 19 heavy (non-hydrogen) atoms. The van der Waals surface area contributed by atoms with E-state index in [9.17, 15) is 0 Å². The highest BCUT2D eigenvalue weighted by Crippen LogP contribution is 2.41. The Balaban J connectivity index is 1.67. The van der Waals surface area contributed by atoms with Crippen LogP contribution < -0.4 is 5.73 Å². The standard InChI is InChI=1S/C16H31NO2/c1-15(2)7-9-16(13-17,10-8-15)19-12-4-6-14-5-3-11-18-14/h14H,3-13,17H2,1-2H3. The minimum atomic E-state index is -0.0357. The Hall–Kier alpha value is -0.120. The Morgan fingerprint density at radius 1 is 1.21 bits per heavy atom.